The van der Waals surface area contributed by atoms with E-state index >= 15 is 0 Å². The van der Waals surface area contributed by atoms with E-state index in [-0.39, 0.29) is 6.61 Å². The first-order chi connectivity index (χ1) is 8.54. The molecule has 0 heterocycles. The van der Waals surface area contributed by atoms with Crippen molar-refractivity contribution in [1.82, 2.24) is 5.32 Å². The average Bonchev–Trinajstić information content (AvgIpc) is 3.12. The molecule has 1 aromatic carbocycles. The molecule has 2 rings (SSSR count). The third-order valence-electron chi connectivity index (χ3n) is 3.05. The Labute approximate surface area is 105 Å². The van der Waals surface area contributed by atoms with Crippen LogP contribution in [0.1, 0.15) is 18.4 Å². The van der Waals surface area contributed by atoms with Crippen LogP contribution in [0.25, 0.3) is 0 Å². The summed E-state index contributed by atoms with van der Waals surface area (Å²) in [5.41, 5.74) is 1.09. The lowest BCUT2D eigenvalue weighted by molar-refractivity contribution is -0.137. The normalized spacial score (nSPS) is 15.9. The Morgan fingerprint density at radius 2 is 1.83 bits per heavy atom. The highest BCUT2D eigenvalue weighted by Gasteiger charge is 2.44. The summed E-state index contributed by atoms with van der Waals surface area (Å²) in [7, 11) is 0. The minimum Gasteiger partial charge on any atom is -0.394 e. The van der Waals surface area contributed by atoms with E-state index in [1.165, 1.54) is 0 Å². The van der Waals surface area contributed by atoms with E-state index < -0.39 is 17.4 Å². The van der Waals surface area contributed by atoms with Crippen LogP contribution in [0.2, 0.25) is 0 Å². The zero-order valence-corrected chi connectivity index (χ0v) is 10.2. The van der Waals surface area contributed by atoms with Crippen molar-refractivity contribution in [2.24, 2.45) is 0 Å². The van der Waals surface area contributed by atoms with Gasteiger partial charge in [0.25, 0.3) is 0 Å². The van der Waals surface area contributed by atoms with E-state index in [4.69, 9.17) is 5.11 Å². The molecule has 1 aliphatic carbocycles. The Hall–Kier alpha value is -1.88. The summed E-state index contributed by atoms with van der Waals surface area (Å²) in [4.78, 5) is 23.2. The summed E-state index contributed by atoms with van der Waals surface area (Å²) < 4.78 is 0. The van der Waals surface area contributed by atoms with Gasteiger partial charge in [0.1, 0.15) is 0 Å². The zero-order valence-electron chi connectivity index (χ0n) is 10.2. The first-order valence-corrected chi connectivity index (χ1v) is 5.86. The molecule has 0 spiro atoms. The SMILES string of the molecule is Cc1ccc(NC(=O)C(=O)NC2(CO)CC2)cc1. The summed E-state index contributed by atoms with van der Waals surface area (Å²) in [6.45, 7) is 1.81. The number of amides is 2. The van der Waals surface area contributed by atoms with Gasteiger partial charge in [-0.25, -0.2) is 0 Å². The van der Waals surface area contributed by atoms with E-state index in [1.807, 2.05) is 19.1 Å². The highest BCUT2D eigenvalue weighted by molar-refractivity contribution is 6.39. The molecule has 3 N–H and O–H groups in total. The Morgan fingerprint density at radius 3 is 2.33 bits per heavy atom. The maximum absolute atomic E-state index is 11.6. The maximum Gasteiger partial charge on any atom is 0.313 e. The number of anilines is 1. The molecule has 18 heavy (non-hydrogen) atoms. The number of carbonyl (C=O) groups is 2. The molecule has 1 aliphatic rings. The van der Waals surface area contributed by atoms with Crippen molar-refractivity contribution < 1.29 is 14.7 Å². The maximum atomic E-state index is 11.6. The van der Waals surface area contributed by atoms with Crippen molar-refractivity contribution in [2.45, 2.75) is 25.3 Å². The van der Waals surface area contributed by atoms with Crippen LogP contribution < -0.4 is 10.6 Å². The molecule has 1 aromatic rings. The lowest BCUT2D eigenvalue weighted by Crippen LogP contribution is -2.45. The summed E-state index contributed by atoms with van der Waals surface area (Å²) >= 11 is 0. The smallest absolute Gasteiger partial charge is 0.313 e. The van der Waals surface area contributed by atoms with Gasteiger partial charge in [0.2, 0.25) is 0 Å². The van der Waals surface area contributed by atoms with Gasteiger partial charge in [0.05, 0.1) is 12.1 Å². The number of hydrogen-bond donors (Lipinski definition) is 3. The lowest BCUT2D eigenvalue weighted by atomic mass is 10.2. The molecule has 0 bridgehead atoms. The molecular weight excluding hydrogens is 232 g/mol. The summed E-state index contributed by atoms with van der Waals surface area (Å²) in [6.07, 6.45) is 1.43. The van der Waals surface area contributed by atoms with Crippen LogP contribution in [-0.2, 0) is 9.59 Å². The first-order valence-electron chi connectivity index (χ1n) is 5.86. The van der Waals surface area contributed by atoms with E-state index in [0.717, 1.165) is 5.56 Å². The Morgan fingerprint density at radius 1 is 1.22 bits per heavy atom. The molecule has 1 fully saturated rings. The fraction of sp³-hybridized carbons (Fsp3) is 0.385. The third kappa shape index (κ3) is 2.87. The highest BCUT2D eigenvalue weighted by atomic mass is 16.3. The first kappa shape index (κ1) is 12.6. The largest absolute Gasteiger partial charge is 0.394 e. The van der Waals surface area contributed by atoms with Gasteiger partial charge in [-0.05, 0) is 31.9 Å². The average molecular weight is 248 g/mol. The van der Waals surface area contributed by atoms with Gasteiger partial charge in [0.15, 0.2) is 0 Å². The summed E-state index contributed by atoms with van der Waals surface area (Å²) in [5, 5.41) is 14.1. The number of aliphatic hydroxyl groups is 1. The van der Waals surface area contributed by atoms with Crippen LogP contribution in [-0.4, -0.2) is 29.1 Å². The molecular formula is C13H16N2O3. The molecule has 2 amide bonds. The highest BCUT2D eigenvalue weighted by Crippen LogP contribution is 2.34. The van der Waals surface area contributed by atoms with Crippen LogP contribution in [0.3, 0.4) is 0 Å². The van der Waals surface area contributed by atoms with Gasteiger partial charge >= 0.3 is 11.8 Å². The van der Waals surface area contributed by atoms with Gasteiger partial charge in [-0.1, -0.05) is 17.7 Å². The minimum absolute atomic E-state index is 0.128. The number of rotatable bonds is 3. The molecule has 0 aliphatic heterocycles. The third-order valence-corrected chi connectivity index (χ3v) is 3.05. The Kier molecular flexibility index (Phi) is 3.34. The van der Waals surface area contributed by atoms with Crippen molar-refractivity contribution >= 4 is 17.5 Å². The molecule has 0 saturated heterocycles. The van der Waals surface area contributed by atoms with Crippen molar-refractivity contribution in [3.63, 3.8) is 0 Å². The topological polar surface area (TPSA) is 78.4 Å². The number of aliphatic hydroxyl groups excluding tert-OH is 1. The predicted octanol–water partition coefficient (Wildman–Crippen LogP) is 0.575. The molecule has 0 radical (unpaired) electrons. The lowest BCUT2D eigenvalue weighted by Gasteiger charge is -2.13. The second-order valence-electron chi connectivity index (χ2n) is 4.71. The molecule has 5 nitrogen and oxygen atoms in total. The quantitative estimate of drug-likeness (QED) is 0.684. The van der Waals surface area contributed by atoms with Gasteiger partial charge in [-0.15, -0.1) is 0 Å². The van der Waals surface area contributed by atoms with E-state index in [9.17, 15) is 9.59 Å². The van der Waals surface area contributed by atoms with Crippen LogP contribution in [0, 0.1) is 6.92 Å². The second-order valence-corrected chi connectivity index (χ2v) is 4.71. The number of nitrogens with one attached hydrogen (secondary N) is 2. The van der Waals surface area contributed by atoms with Crippen molar-refractivity contribution in [2.75, 3.05) is 11.9 Å². The molecule has 96 valence electrons. The summed E-state index contributed by atoms with van der Waals surface area (Å²) in [5.74, 6) is -1.42. The number of benzene rings is 1. The molecule has 0 atom stereocenters. The minimum atomic E-state index is -0.710. The van der Waals surface area contributed by atoms with Crippen LogP contribution in [0.15, 0.2) is 24.3 Å². The van der Waals surface area contributed by atoms with Crippen LogP contribution in [0.5, 0.6) is 0 Å². The van der Waals surface area contributed by atoms with E-state index in [1.54, 1.807) is 12.1 Å². The van der Waals surface area contributed by atoms with Gasteiger partial charge < -0.3 is 15.7 Å². The van der Waals surface area contributed by atoms with E-state index in [0.29, 0.717) is 18.5 Å². The van der Waals surface area contributed by atoms with Gasteiger partial charge in [0, 0.05) is 5.69 Å². The summed E-state index contributed by atoms with van der Waals surface area (Å²) in [6, 6.07) is 7.17. The Bertz CT molecular complexity index is 464. The van der Waals surface area contributed by atoms with Crippen molar-refractivity contribution in [1.29, 1.82) is 0 Å². The van der Waals surface area contributed by atoms with Crippen molar-refractivity contribution in [3.8, 4) is 0 Å². The van der Waals surface area contributed by atoms with Crippen molar-refractivity contribution in [3.05, 3.63) is 29.8 Å². The molecule has 0 aromatic heterocycles. The van der Waals surface area contributed by atoms with Crippen LogP contribution >= 0.6 is 0 Å². The number of hydrogen-bond acceptors (Lipinski definition) is 3. The number of carbonyl (C=O) groups excluding carboxylic acids is 2. The monoisotopic (exact) mass is 248 g/mol. The predicted molar refractivity (Wildman–Crippen MR) is 67.0 cm³/mol. The van der Waals surface area contributed by atoms with Gasteiger partial charge in [-0.3, -0.25) is 9.59 Å². The standard InChI is InChI=1S/C13H16N2O3/c1-9-2-4-10(5-3-9)14-11(17)12(18)15-13(8-16)6-7-13/h2-5,16H,6-8H2,1H3,(H,14,17)(H,15,18). The molecule has 5 heteroatoms. The Balaban J connectivity index is 1.91. The zero-order chi connectivity index (χ0) is 13.2. The van der Waals surface area contributed by atoms with Crippen LogP contribution in [0.4, 0.5) is 5.69 Å². The van der Waals surface area contributed by atoms with E-state index in [2.05, 4.69) is 10.6 Å². The molecule has 1 saturated carbocycles. The fourth-order valence-corrected chi connectivity index (χ4v) is 1.60. The second kappa shape index (κ2) is 4.78. The molecule has 0 unspecified atom stereocenters. The van der Waals surface area contributed by atoms with Gasteiger partial charge in [-0.2, -0.15) is 0 Å². The number of aryl methyl sites for hydroxylation is 1. The fourth-order valence-electron chi connectivity index (χ4n) is 1.60.